The second-order valence-electron chi connectivity index (χ2n) is 6.11. The van der Waals surface area contributed by atoms with Crippen molar-refractivity contribution in [3.05, 3.63) is 35.9 Å². The number of carbonyl (C=O) groups is 1. The number of hydrogen-bond acceptors (Lipinski definition) is 3. The predicted molar refractivity (Wildman–Crippen MR) is 87.6 cm³/mol. The third kappa shape index (κ3) is 4.45. The van der Waals surface area contributed by atoms with Crippen LogP contribution in [0.15, 0.2) is 30.3 Å². The van der Waals surface area contributed by atoms with Gasteiger partial charge in [0.05, 0.1) is 12.6 Å². The number of hydrogen-bond donors (Lipinski definition) is 2. The van der Waals surface area contributed by atoms with Gasteiger partial charge in [-0.1, -0.05) is 30.3 Å². The number of likely N-dealkylation sites (N-methyl/N-ethyl adjacent to an activating group) is 1. The van der Waals surface area contributed by atoms with E-state index < -0.39 is 0 Å². The van der Waals surface area contributed by atoms with Gasteiger partial charge in [-0.05, 0) is 32.4 Å². The summed E-state index contributed by atoms with van der Waals surface area (Å²) in [7, 11) is 2.07. The molecule has 0 spiro atoms. The minimum atomic E-state index is -0.0588. The van der Waals surface area contributed by atoms with Crippen LogP contribution >= 0.6 is 0 Å². The zero-order chi connectivity index (χ0) is 15.9. The fourth-order valence-electron chi connectivity index (χ4n) is 2.81. The van der Waals surface area contributed by atoms with Gasteiger partial charge in [0.15, 0.2) is 0 Å². The van der Waals surface area contributed by atoms with Crippen LogP contribution in [0.2, 0.25) is 0 Å². The van der Waals surface area contributed by atoms with Crippen molar-refractivity contribution in [3.8, 4) is 0 Å². The summed E-state index contributed by atoms with van der Waals surface area (Å²) in [6, 6.07) is 10.5. The first-order valence-corrected chi connectivity index (χ1v) is 8.01. The number of carbonyl (C=O) groups excluding carboxylic acids is 1. The van der Waals surface area contributed by atoms with Crippen molar-refractivity contribution in [1.82, 2.24) is 15.1 Å². The second kappa shape index (κ2) is 8.15. The maximum atomic E-state index is 12.2. The normalized spacial score (nSPS) is 19.5. The maximum Gasteiger partial charge on any atom is 0.317 e. The first-order chi connectivity index (χ1) is 10.6. The van der Waals surface area contributed by atoms with Crippen molar-refractivity contribution in [2.75, 3.05) is 26.7 Å². The van der Waals surface area contributed by atoms with Crippen LogP contribution in [0.3, 0.4) is 0 Å². The quantitative estimate of drug-likeness (QED) is 0.840. The maximum absolute atomic E-state index is 12.2. The fraction of sp³-hybridized carbons (Fsp3) is 0.588. The topological polar surface area (TPSA) is 55.8 Å². The highest BCUT2D eigenvalue weighted by molar-refractivity contribution is 5.74. The summed E-state index contributed by atoms with van der Waals surface area (Å²) in [5.41, 5.74) is 1.27. The Hall–Kier alpha value is -1.59. The summed E-state index contributed by atoms with van der Waals surface area (Å²) in [5, 5.41) is 12.3. The van der Waals surface area contributed by atoms with E-state index in [2.05, 4.69) is 36.3 Å². The van der Waals surface area contributed by atoms with E-state index in [-0.39, 0.29) is 24.7 Å². The van der Waals surface area contributed by atoms with Crippen molar-refractivity contribution in [2.45, 2.75) is 38.4 Å². The average molecular weight is 305 g/mol. The number of aliphatic hydroxyl groups is 1. The Morgan fingerprint density at radius 3 is 2.86 bits per heavy atom. The van der Waals surface area contributed by atoms with Gasteiger partial charge in [-0.3, -0.25) is 4.90 Å². The molecule has 2 unspecified atom stereocenters. The number of benzene rings is 1. The molecule has 2 atom stereocenters. The fourth-order valence-corrected chi connectivity index (χ4v) is 2.81. The lowest BCUT2D eigenvalue weighted by Crippen LogP contribution is -2.48. The Kier molecular flexibility index (Phi) is 6.21. The highest BCUT2D eigenvalue weighted by Crippen LogP contribution is 2.16. The zero-order valence-electron chi connectivity index (χ0n) is 13.5. The Morgan fingerprint density at radius 2 is 2.18 bits per heavy atom. The standard InChI is InChI=1S/C17H27N3O2/c1-14(19(2)12-15-7-4-3-5-8-15)11-18-17(22)20-10-6-9-16(20)13-21/h3-5,7-8,14,16,21H,6,9-13H2,1-2H3,(H,18,22). The predicted octanol–water partition coefficient (Wildman–Crippen LogP) is 1.67. The van der Waals surface area contributed by atoms with Crippen LogP contribution in [-0.2, 0) is 6.54 Å². The molecule has 2 amide bonds. The summed E-state index contributed by atoms with van der Waals surface area (Å²) >= 11 is 0. The lowest BCUT2D eigenvalue weighted by molar-refractivity contribution is 0.153. The molecule has 0 aromatic heterocycles. The van der Waals surface area contributed by atoms with Crippen molar-refractivity contribution < 1.29 is 9.90 Å². The summed E-state index contributed by atoms with van der Waals surface area (Å²) in [6.45, 7) is 4.37. The van der Waals surface area contributed by atoms with E-state index in [0.29, 0.717) is 6.54 Å². The van der Waals surface area contributed by atoms with E-state index in [0.717, 1.165) is 25.9 Å². The van der Waals surface area contributed by atoms with Gasteiger partial charge in [-0.25, -0.2) is 4.79 Å². The van der Waals surface area contributed by atoms with E-state index >= 15 is 0 Å². The molecule has 1 heterocycles. The molecule has 0 aliphatic carbocycles. The molecule has 0 bridgehead atoms. The SMILES string of the molecule is CC(CNC(=O)N1CCCC1CO)N(C)Cc1ccccc1. The third-order valence-electron chi connectivity index (χ3n) is 4.42. The van der Waals surface area contributed by atoms with Crippen LogP contribution in [0.5, 0.6) is 0 Å². The van der Waals surface area contributed by atoms with Crippen molar-refractivity contribution in [1.29, 1.82) is 0 Å². The largest absolute Gasteiger partial charge is 0.394 e. The molecule has 0 radical (unpaired) electrons. The molecule has 1 aromatic carbocycles. The first-order valence-electron chi connectivity index (χ1n) is 8.01. The Morgan fingerprint density at radius 1 is 1.45 bits per heavy atom. The highest BCUT2D eigenvalue weighted by atomic mass is 16.3. The van der Waals surface area contributed by atoms with E-state index in [1.54, 1.807) is 4.90 Å². The van der Waals surface area contributed by atoms with E-state index in [4.69, 9.17) is 0 Å². The molecule has 5 nitrogen and oxygen atoms in total. The van der Waals surface area contributed by atoms with Crippen molar-refractivity contribution in [2.24, 2.45) is 0 Å². The van der Waals surface area contributed by atoms with Gasteiger partial charge in [0, 0.05) is 25.7 Å². The lowest BCUT2D eigenvalue weighted by Gasteiger charge is -2.28. The van der Waals surface area contributed by atoms with Crippen LogP contribution in [0, 0.1) is 0 Å². The number of likely N-dealkylation sites (tertiary alicyclic amines) is 1. The number of urea groups is 1. The number of rotatable bonds is 6. The van der Waals surface area contributed by atoms with Crippen LogP contribution in [0.1, 0.15) is 25.3 Å². The molecule has 2 N–H and O–H groups in total. The number of aliphatic hydroxyl groups excluding tert-OH is 1. The van der Waals surface area contributed by atoms with Gasteiger partial charge in [0.2, 0.25) is 0 Å². The van der Waals surface area contributed by atoms with Gasteiger partial charge < -0.3 is 15.3 Å². The van der Waals surface area contributed by atoms with Crippen LogP contribution < -0.4 is 5.32 Å². The van der Waals surface area contributed by atoms with Gasteiger partial charge in [0.1, 0.15) is 0 Å². The molecule has 22 heavy (non-hydrogen) atoms. The average Bonchev–Trinajstić information content (AvgIpc) is 3.01. The number of nitrogens with zero attached hydrogens (tertiary/aromatic N) is 2. The van der Waals surface area contributed by atoms with E-state index in [1.807, 2.05) is 18.2 Å². The van der Waals surface area contributed by atoms with Gasteiger partial charge in [0.25, 0.3) is 0 Å². The molecule has 1 aliphatic heterocycles. The monoisotopic (exact) mass is 305 g/mol. The molecule has 2 rings (SSSR count). The smallest absolute Gasteiger partial charge is 0.317 e. The van der Waals surface area contributed by atoms with Crippen LogP contribution in [-0.4, -0.2) is 59.8 Å². The van der Waals surface area contributed by atoms with Gasteiger partial charge in [-0.2, -0.15) is 0 Å². The van der Waals surface area contributed by atoms with Gasteiger partial charge in [-0.15, -0.1) is 0 Å². The lowest BCUT2D eigenvalue weighted by atomic mass is 10.2. The molecule has 5 heteroatoms. The molecular weight excluding hydrogens is 278 g/mol. The Balaban J connectivity index is 1.77. The highest BCUT2D eigenvalue weighted by Gasteiger charge is 2.28. The Labute approximate surface area is 132 Å². The summed E-state index contributed by atoms with van der Waals surface area (Å²) in [4.78, 5) is 16.2. The Bertz CT molecular complexity index is 466. The van der Waals surface area contributed by atoms with Crippen LogP contribution in [0.4, 0.5) is 4.79 Å². The summed E-state index contributed by atoms with van der Waals surface area (Å²) in [5.74, 6) is 0. The molecule has 1 saturated heterocycles. The molecule has 122 valence electrons. The number of amides is 2. The summed E-state index contributed by atoms with van der Waals surface area (Å²) in [6.07, 6.45) is 1.87. The van der Waals surface area contributed by atoms with E-state index in [9.17, 15) is 9.90 Å². The van der Waals surface area contributed by atoms with E-state index in [1.165, 1.54) is 5.56 Å². The molecular formula is C17H27N3O2. The van der Waals surface area contributed by atoms with Crippen LogP contribution in [0.25, 0.3) is 0 Å². The number of nitrogens with one attached hydrogen (secondary N) is 1. The summed E-state index contributed by atoms with van der Waals surface area (Å²) < 4.78 is 0. The third-order valence-corrected chi connectivity index (χ3v) is 4.42. The zero-order valence-corrected chi connectivity index (χ0v) is 13.5. The first kappa shape index (κ1) is 16.8. The second-order valence-corrected chi connectivity index (χ2v) is 6.11. The molecule has 1 aliphatic rings. The molecule has 1 aromatic rings. The van der Waals surface area contributed by atoms with Gasteiger partial charge >= 0.3 is 6.03 Å². The minimum Gasteiger partial charge on any atom is -0.394 e. The van der Waals surface area contributed by atoms with Crippen molar-refractivity contribution >= 4 is 6.03 Å². The molecule has 1 fully saturated rings. The van der Waals surface area contributed by atoms with Crippen molar-refractivity contribution in [3.63, 3.8) is 0 Å². The minimum absolute atomic E-state index is 0.0163. The molecule has 0 saturated carbocycles.